The zero-order valence-corrected chi connectivity index (χ0v) is 14.1. The smallest absolute Gasteiger partial charge is 0.271 e. The number of hydrogen-bond acceptors (Lipinski definition) is 4. The summed E-state index contributed by atoms with van der Waals surface area (Å²) in [7, 11) is 0. The van der Waals surface area contributed by atoms with Gasteiger partial charge in [0.2, 0.25) is 0 Å². The summed E-state index contributed by atoms with van der Waals surface area (Å²) < 4.78 is 0. The lowest BCUT2D eigenvalue weighted by molar-refractivity contribution is -0.384. The first-order chi connectivity index (χ1) is 12.1. The van der Waals surface area contributed by atoms with Crippen LogP contribution in [0.5, 0.6) is 0 Å². The fraction of sp³-hybridized carbons (Fsp3) is 0.316. The summed E-state index contributed by atoms with van der Waals surface area (Å²) in [6, 6.07) is 13.0. The highest BCUT2D eigenvalue weighted by molar-refractivity contribution is 5.81. The molecule has 0 bridgehead atoms. The molecule has 1 aromatic heterocycles. The Morgan fingerprint density at radius 2 is 1.88 bits per heavy atom. The average Bonchev–Trinajstić information content (AvgIpc) is 3.05. The Morgan fingerprint density at radius 1 is 1.16 bits per heavy atom. The Hall–Kier alpha value is -2.89. The molecule has 3 aromatic rings. The number of non-ortho nitro benzene ring substituents is 1. The highest BCUT2D eigenvalue weighted by atomic mass is 16.6. The second kappa shape index (κ2) is 6.20. The van der Waals surface area contributed by atoms with E-state index in [1.54, 1.807) is 6.07 Å². The molecule has 0 spiro atoms. The van der Waals surface area contributed by atoms with Gasteiger partial charge in [0.15, 0.2) is 0 Å². The van der Waals surface area contributed by atoms with Crippen LogP contribution in [0.2, 0.25) is 0 Å². The van der Waals surface area contributed by atoms with E-state index >= 15 is 0 Å². The molecule has 0 unspecified atom stereocenters. The highest BCUT2D eigenvalue weighted by Crippen LogP contribution is 2.27. The molecule has 0 aliphatic carbocycles. The van der Waals surface area contributed by atoms with Gasteiger partial charge in [0.1, 0.15) is 5.82 Å². The van der Waals surface area contributed by atoms with Crippen LogP contribution in [0.25, 0.3) is 22.4 Å². The van der Waals surface area contributed by atoms with Gasteiger partial charge < -0.3 is 9.88 Å². The lowest BCUT2D eigenvalue weighted by Gasteiger charge is -2.32. The Kier molecular flexibility index (Phi) is 3.87. The number of fused-ring (bicyclic) bond motifs is 1. The molecular weight excluding hydrogens is 316 g/mol. The summed E-state index contributed by atoms with van der Waals surface area (Å²) in [4.78, 5) is 20.7. The Balaban J connectivity index is 1.59. The van der Waals surface area contributed by atoms with Crippen LogP contribution in [0.3, 0.4) is 0 Å². The molecule has 0 radical (unpaired) electrons. The fourth-order valence-corrected chi connectivity index (χ4v) is 3.34. The Morgan fingerprint density at radius 3 is 2.56 bits per heavy atom. The molecule has 2 heterocycles. The van der Waals surface area contributed by atoms with Crippen LogP contribution in [0.4, 0.5) is 11.4 Å². The van der Waals surface area contributed by atoms with Gasteiger partial charge in [0.25, 0.3) is 5.69 Å². The first-order valence-corrected chi connectivity index (χ1v) is 8.60. The molecular formula is C19H20N4O2. The molecule has 0 atom stereocenters. The van der Waals surface area contributed by atoms with E-state index in [0.717, 1.165) is 35.9 Å². The number of rotatable bonds is 3. The normalized spacial score (nSPS) is 15.6. The second-order valence-electron chi connectivity index (χ2n) is 6.76. The van der Waals surface area contributed by atoms with Gasteiger partial charge in [-0.1, -0.05) is 6.92 Å². The van der Waals surface area contributed by atoms with E-state index in [1.807, 2.05) is 0 Å². The third-order valence-corrected chi connectivity index (χ3v) is 4.97. The molecule has 25 heavy (non-hydrogen) atoms. The van der Waals surface area contributed by atoms with E-state index in [4.69, 9.17) is 0 Å². The van der Waals surface area contributed by atoms with Gasteiger partial charge in [0.05, 0.1) is 16.0 Å². The molecule has 2 aromatic carbocycles. The third kappa shape index (κ3) is 3.07. The van der Waals surface area contributed by atoms with Crippen LogP contribution in [0.15, 0.2) is 42.5 Å². The quantitative estimate of drug-likeness (QED) is 0.569. The van der Waals surface area contributed by atoms with Gasteiger partial charge in [0, 0.05) is 36.5 Å². The predicted octanol–water partition coefficient (Wildman–Crippen LogP) is 4.37. The largest absolute Gasteiger partial charge is 0.372 e. The van der Waals surface area contributed by atoms with Crippen LogP contribution in [-0.2, 0) is 0 Å². The van der Waals surface area contributed by atoms with Crippen molar-refractivity contribution in [1.82, 2.24) is 9.97 Å². The van der Waals surface area contributed by atoms with Crippen molar-refractivity contribution in [2.24, 2.45) is 5.92 Å². The summed E-state index contributed by atoms with van der Waals surface area (Å²) in [5.41, 5.74) is 3.70. The van der Waals surface area contributed by atoms with Crippen molar-refractivity contribution in [1.29, 1.82) is 0 Å². The van der Waals surface area contributed by atoms with E-state index < -0.39 is 4.92 Å². The van der Waals surface area contributed by atoms with Gasteiger partial charge in [-0.05, 0) is 49.1 Å². The highest BCUT2D eigenvalue weighted by Gasteiger charge is 2.16. The summed E-state index contributed by atoms with van der Waals surface area (Å²) in [5, 5.41) is 10.9. The summed E-state index contributed by atoms with van der Waals surface area (Å²) >= 11 is 0. The number of hydrogen-bond donors (Lipinski definition) is 1. The fourth-order valence-electron chi connectivity index (χ4n) is 3.34. The Bertz CT molecular complexity index is 909. The molecule has 1 saturated heterocycles. The first-order valence-electron chi connectivity index (χ1n) is 8.60. The maximum Gasteiger partial charge on any atom is 0.271 e. The summed E-state index contributed by atoms with van der Waals surface area (Å²) in [5.74, 6) is 1.55. The van der Waals surface area contributed by atoms with Gasteiger partial charge >= 0.3 is 0 Å². The molecule has 0 amide bonds. The van der Waals surface area contributed by atoms with Gasteiger partial charge in [-0.25, -0.2) is 4.98 Å². The lowest BCUT2D eigenvalue weighted by Crippen LogP contribution is -2.32. The van der Waals surface area contributed by atoms with Crippen molar-refractivity contribution in [3.8, 4) is 11.4 Å². The number of nitro benzene ring substituents is 1. The molecule has 1 aliphatic heterocycles. The minimum Gasteiger partial charge on any atom is -0.372 e. The maximum atomic E-state index is 10.9. The van der Waals surface area contributed by atoms with Crippen molar-refractivity contribution in [2.75, 3.05) is 18.0 Å². The molecule has 6 nitrogen and oxygen atoms in total. The molecule has 4 rings (SSSR count). The van der Waals surface area contributed by atoms with Crippen molar-refractivity contribution in [3.63, 3.8) is 0 Å². The van der Waals surface area contributed by atoms with Crippen molar-refractivity contribution in [2.45, 2.75) is 19.8 Å². The van der Waals surface area contributed by atoms with E-state index in [0.29, 0.717) is 5.52 Å². The second-order valence-corrected chi connectivity index (χ2v) is 6.76. The molecule has 1 N–H and O–H groups in total. The number of nitro groups is 1. The molecule has 6 heteroatoms. The van der Waals surface area contributed by atoms with Gasteiger partial charge in [-0.3, -0.25) is 10.1 Å². The molecule has 128 valence electrons. The molecule has 1 aliphatic rings. The van der Waals surface area contributed by atoms with E-state index in [-0.39, 0.29) is 5.69 Å². The number of nitrogens with one attached hydrogen (secondary N) is 1. The van der Waals surface area contributed by atoms with Crippen molar-refractivity contribution < 1.29 is 4.92 Å². The number of piperidine rings is 1. The van der Waals surface area contributed by atoms with Crippen molar-refractivity contribution >= 4 is 22.4 Å². The zero-order chi connectivity index (χ0) is 17.4. The van der Waals surface area contributed by atoms with E-state index in [1.165, 1.54) is 30.7 Å². The van der Waals surface area contributed by atoms with Gasteiger partial charge in [-0.2, -0.15) is 0 Å². The topological polar surface area (TPSA) is 75.1 Å². The minimum absolute atomic E-state index is 0.0670. The number of benzene rings is 2. The summed E-state index contributed by atoms with van der Waals surface area (Å²) in [6.07, 6.45) is 2.48. The van der Waals surface area contributed by atoms with Crippen LogP contribution in [-0.4, -0.2) is 28.0 Å². The number of H-pyrrole nitrogens is 1. The predicted molar refractivity (Wildman–Crippen MR) is 98.8 cm³/mol. The van der Waals surface area contributed by atoms with Crippen LogP contribution in [0, 0.1) is 16.0 Å². The van der Waals surface area contributed by atoms with Crippen LogP contribution < -0.4 is 4.90 Å². The number of aromatic nitrogens is 2. The number of aromatic amines is 1. The maximum absolute atomic E-state index is 10.9. The minimum atomic E-state index is -0.395. The SMILES string of the molecule is CC1CCN(c2ccc(-c3nc4ccc([N+](=O)[O-])cc4[nH]3)cc2)CC1. The Labute approximate surface area is 145 Å². The standard InChI is InChI=1S/C19H20N4O2/c1-13-8-10-22(11-9-13)15-4-2-14(3-5-15)19-20-17-7-6-16(23(24)25)12-18(17)21-19/h2-7,12-13H,8-11H2,1H3,(H,20,21). The third-order valence-electron chi connectivity index (χ3n) is 4.97. The molecule has 1 fully saturated rings. The van der Waals surface area contributed by atoms with Crippen molar-refractivity contribution in [3.05, 3.63) is 52.6 Å². The molecule has 0 saturated carbocycles. The first kappa shape index (κ1) is 15.6. The van der Waals surface area contributed by atoms with Crippen LogP contribution in [0.1, 0.15) is 19.8 Å². The van der Waals surface area contributed by atoms with Crippen LogP contribution >= 0.6 is 0 Å². The lowest BCUT2D eigenvalue weighted by atomic mass is 9.98. The van der Waals surface area contributed by atoms with E-state index in [9.17, 15) is 10.1 Å². The van der Waals surface area contributed by atoms with Gasteiger partial charge in [-0.15, -0.1) is 0 Å². The zero-order valence-electron chi connectivity index (χ0n) is 14.1. The summed E-state index contributed by atoms with van der Waals surface area (Å²) in [6.45, 7) is 4.52. The van der Waals surface area contributed by atoms with E-state index in [2.05, 4.69) is 46.1 Å². The number of anilines is 1. The number of nitrogens with zero attached hydrogens (tertiary/aromatic N) is 3. The number of imidazole rings is 1. The monoisotopic (exact) mass is 336 g/mol. The average molecular weight is 336 g/mol.